The Balaban J connectivity index is 3.83. The maximum atomic E-state index is 11.4. The van der Waals surface area contributed by atoms with Gasteiger partial charge in [-0.3, -0.25) is 4.79 Å². The molecule has 0 aromatic rings. The first-order valence-corrected chi connectivity index (χ1v) is 4.32. The van der Waals surface area contributed by atoms with Gasteiger partial charge in [0.15, 0.2) is 0 Å². The van der Waals surface area contributed by atoms with Gasteiger partial charge in [0.1, 0.15) is 0 Å². The van der Waals surface area contributed by atoms with Gasteiger partial charge in [0.25, 0.3) is 0 Å². The van der Waals surface area contributed by atoms with Crippen molar-refractivity contribution < 1.29 is 14.6 Å². The van der Waals surface area contributed by atoms with E-state index in [4.69, 9.17) is 4.74 Å². The van der Waals surface area contributed by atoms with E-state index in [2.05, 4.69) is 0 Å². The van der Waals surface area contributed by atoms with Gasteiger partial charge in [-0.2, -0.15) is 0 Å². The highest BCUT2D eigenvalue weighted by molar-refractivity contribution is 5.76. The lowest BCUT2D eigenvalue weighted by Crippen LogP contribution is -2.35. The van der Waals surface area contributed by atoms with E-state index in [1.165, 1.54) is 0 Å². The summed E-state index contributed by atoms with van der Waals surface area (Å²) >= 11 is 0. The zero-order valence-electron chi connectivity index (χ0n) is 8.83. The number of ether oxygens (including phenoxy) is 1. The molecule has 0 rings (SSSR count). The second-order valence-corrected chi connectivity index (χ2v) is 3.80. The summed E-state index contributed by atoms with van der Waals surface area (Å²) in [5.41, 5.74) is -0.932. The molecule has 0 bridgehead atoms. The molecule has 0 radical (unpaired) electrons. The summed E-state index contributed by atoms with van der Waals surface area (Å²) in [6, 6.07) is 0. The normalized spacial score (nSPS) is 11.5. The quantitative estimate of drug-likeness (QED) is 0.674. The smallest absolute Gasteiger partial charge is 0.225 e. The number of hydrogen-bond donors (Lipinski definition) is 1. The zero-order chi connectivity index (χ0) is 10.5. The fraction of sp³-hybridized carbons (Fsp3) is 0.889. The Morgan fingerprint density at radius 3 is 2.46 bits per heavy atom. The van der Waals surface area contributed by atoms with Gasteiger partial charge in [0, 0.05) is 20.7 Å². The molecule has 0 aromatic carbocycles. The number of aliphatic hydroxyl groups is 1. The van der Waals surface area contributed by atoms with Crippen LogP contribution in [0.5, 0.6) is 0 Å². The summed E-state index contributed by atoms with van der Waals surface area (Å²) in [6.07, 6.45) is 0.146. The highest BCUT2D eigenvalue weighted by atomic mass is 16.5. The number of carbonyl (C=O) groups is 1. The zero-order valence-corrected chi connectivity index (χ0v) is 8.83. The summed E-state index contributed by atoms with van der Waals surface area (Å²) in [5, 5.41) is 9.38. The average Bonchev–Trinajstić information content (AvgIpc) is 1.96. The molecule has 0 aliphatic rings. The first-order chi connectivity index (χ1) is 5.87. The van der Waals surface area contributed by atoms with Crippen LogP contribution in [0.3, 0.4) is 0 Å². The van der Waals surface area contributed by atoms with Crippen LogP contribution in [0.2, 0.25) is 0 Å². The van der Waals surface area contributed by atoms with Crippen LogP contribution < -0.4 is 0 Å². The van der Waals surface area contributed by atoms with Crippen molar-refractivity contribution in [3.63, 3.8) is 0 Å². The Morgan fingerprint density at radius 2 is 2.08 bits per heavy atom. The SMILES string of the molecule is COCCN(C)C(=O)CC(C)(C)O. The van der Waals surface area contributed by atoms with E-state index in [-0.39, 0.29) is 12.3 Å². The van der Waals surface area contributed by atoms with Crippen molar-refractivity contribution in [3.8, 4) is 0 Å². The number of amides is 1. The highest BCUT2D eigenvalue weighted by Crippen LogP contribution is 2.08. The predicted molar refractivity (Wildman–Crippen MR) is 50.4 cm³/mol. The summed E-state index contributed by atoms with van der Waals surface area (Å²) in [4.78, 5) is 12.9. The molecule has 0 spiro atoms. The predicted octanol–water partition coefficient (Wildman–Crippen LogP) is 0.252. The van der Waals surface area contributed by atoms with Crippen molar-refractivity contribution in [2.75, 3.05) is 27.3 Å². The molecule has 0 atom stereocenters. The van der Waals surface area contributed by atoms with Crippen molar-refractivity contribution in [1.29, 1.82) is 0 Å². The number of nitrogens with zero attached hydrogens (tertiary/aromatic N) is 1. The van der Waals surface area contributed by atoms with Gasteiger partial charge in [-0.05, 0) is 13.8 Å². The van der Waals surface area contributed by atoms with Gasteiger partial charge >= 0.3 is 0 Å². The summed E-state index contributed by atoms with van der Waals surface area (Å²) in [5.74, 6) is -0.0652. The second-order valence-electron chi connectivity index (χ2n) is 3.80. The third kappa shape index (κ3) is 6.54. The summed E-state index contributed by atoms with van der Waals surface area (Å²) < 4.78 is 4.84. The lowest BCUT2D eigenvalue weighted by Gasteiger charge is -2.22. The number of hydrogen-bond acceptors (Lipinski definition) is 3. The van der Waals surface area contributed by atoms with Gasteiger partial charge in [0.05, 0.1) is 18.6 Å². The van der Waals surface area contributed by atoms with Crippen molar-refractivity contribution in [2.45, 2.75) is 25.9 Å². The minimum atomic E-state index is -0.932. The molecular weight excluding hydrogens is 170 g/mol. The van der Waals surface area contributed by atoms with Crippen LogP contribution in [0.4, 0.5) is 0 Å². The molecule has 0 heterocycles. The van der Waals surface area contributed by atoms with Crippen LogP contribution >= 0.6 is 0 Å². The fourth-order valence-electron chi connectivity index (χ4n) is 0.858. The number of methoxy groups -OCH3 is 1. The molecule has 0 aliphatic carbocycles. The fourth-order valence-corrected chi connectivity index (χ4v) is 0.858. The van der Waals surface area contributed by atoms with Gasteiger partial charge < -0.3 is 14.7 Å². The number of carbonyl (C=O) groups excluding carboxylic acids is 1. The average molecular weight is 189 g/mol. The number of rotatable bonds is 5. The molecule has 4 nitrogen and oxygen atoms in total. The van der Waals surface area contributed by atoms with Crippen LogP contribution in [-0.4, -0.2) is 48.8 Å². The molecule has 78 valence electrons. The first-order valence-electron chi connectivity index (χ1n) is 4.32. The third-order valence-electron chi connectivity index (χ3n) is 1.64. The van der Waals surface area contributed by atoms with Crippen molar-refractivity contribution in [3.05, 3.63) is 0 Å². The summed E-state index contributed by atoms with van der Waals surface area (Å²) in [7, 11) is 3.29. The topological polar surface area (TPSA) is 49.8 Å². The van der Waals surface area contributed by atoms with Crippen molar-refractivity contribution in [2.24, 2.45) is 0 Å². The number of likely N-dealkylation sites (N-methyl/N-ethyl adjacent to an activating group) is 1. The molecule has 13 heavy (non-hydrogen) atoms. The first kappa shape index (κ1) is 12.4. The molecule has 4 heteroatoms. The maximum absolute atomic E-state index is 11.4. The largest absolute Gasteiger partial charge is 0.390 e. The van der Waals surface area contributed by atoms with Crippen LogP contribution in [0.15, 0.2) is 0 Å². The van der Waals surface area contributed by atoms with Gasteiger partial charge in [-0.15, -0.1) is 0 Å². The van der Waals surface area contributed by atoms with Crippen LogP contribution in [-0.2, 0) is 9.53 Å². The monoisotopic (exact) mass is 189 g/mol. The maximum Gasteiger partial charge on any atom is 0.225 e. The van der Waals surface area contributed by atoms with E-state index in [1.54, 1.807) is 32.9 Å². The molecule has 0 aromatic heterocycles. The Hall–Kier alpha value is -0.610. The van der Waals surface area contributed by atoms with Crippen molar-refractivity contribution >= 4 is 5.91 Å². The van der Waals surface area contributed by atoms with Crippen LogP contribution in [0.1, 0.15) is 20.3 Å². The van der Waals surface area contributed by atoms with Crippen LogP contribution in [0, 0.1) is 0 Å². The molecular formula is C9H19NO3. The third-order valence-corrected chi connectivity index (χ3v) is 1.64. The van der Waals surface area contributed by atoms with E-state index in [9.17, 15) is 9.90 Å². The molecule has 0 fully saturated rings. The van der Waals surface area contributed by atoms with E-state index >= 15 is 0 Å². The van der Waals surface area contributed by atoms with Gasteiger partial charge in [-0.1, -0.05) is 0 Å². The molecule has 1 amide bonds. The standard InChI is InChI=1S/C9H19NO3/c1-9(2,12)7-8(11)10(3)5-6-13-4/h12H,5-7H2,1-4H3. The Labute approximate surface area is 79.5 Å². The lowest BCUT2D eigenvalue weighted by atomic mass is 10.1. The van der Waals surface area contributed by atoms with Gasteiger partial charge in [-0.25, -0.2) is 0 Å². The Kier molecular flexibility index (Phi) is 4.95. The molecule has 0 saturated carbocycles. The Bertz CT molecular complexity index is 163. The lowest BCUT2D eigenvalue weighted by molar-refractivity contribution is -0.134. The molecule has 0 aliphatic heterocycles. The molecule has 0 saturated heterocycles. The highest BCUT2D eigenvalue weighted by Gasteiger charge is 2.20. The van der Waals surface area contributed by atoms with E-state index in [0.29, 0.717) is 13.2 Å². The second kappa shape index (κ2) is 5.19. The summed E-state index contributed by atoms with van der Waals surface area (Å²) in [6.45, 7) is 4.32. The minimum Gasteiger partial charge on any atom is -0.390 e. The Morgan fingerprint density at radius 1 is 1.54 bits per heavy atom. The van der Waals surface area contributed by atoms with Gasteiger partial charge in [0.2, 0.25) is 5.91 Å². The van der Waals surface area contributed by atoms with E-state index < -0.39 is 5.60 Å². The minimum absolute atomic E-state index is 0.0652. The van der Waals surface area contributed by atoms with E-state index in [0.717, 1.165) is 0 Å². The molecule has 0 unspecified atom stereocenters. The molecule has 1 N–H and O–H groups in total. The van der Waals surface area contributed by atoms with Crippen LogP contribution in [0.25, 0.3) is 0 Å². The van der Waals surface area contributed by atoms with Crippen molar-refractivity contribution in [1.82, 2.24) is 4.90 Å². The van der Waals surface area contributed by atoms with E-state index in [1.807, 2.05) is 0 Å².